The maximum Gasteiger partial charge on any atom is 0.345 e. The van der Waals surface area contributed by atoms with Crippen molar-refractivity contribution in [3.8, 4) is 0 Å². The zero-order valence-corrected chi connectivity index (χ0v) is 14.4. The van der Waals surface area contributed by atoms with Crippen LogP contribution in [0.1, 0.15) is 35.4 Å². The fraction of sp³-hybridized carbons (Fsp3) is 0.583. The van der Waals surface area contributed by atoms with Crippen LogP contribution in [0.25, 0.3) is 0 Å². The first-order valence-corrected chi connectivity index (χ1v) is 9.63. The maximum atomic E-state index is 12.1. The summed E-state index contributed by atoms with van der Waals surface area (Å²) in [5, 5.41) is 8.88. The number of aromatic carboxylic acids is 1. The fourth-order valence-corrected chi connectivity index (χ4v) is 5.59. The van der Waals surface area contributed by atoms with Crippen molar-refractivity contribution in [1.82, 2.24) is 4.72 Å². The molecule has 1 aliphatic rings. The van der Waals surface area contributed by atoms with E-state index in [-0.39, 0.29) is 26.2 Å². The van der Waals surface area contributed by atoms with Crippen molar-refractivity contribution in [3.63, 3.8) is 0 Å². The van der Waals surface area contributed by atoms with Crippen LogP contribution < -0.4 is 4.72 Å². The summed E-state index contributed by atoms with van der Waals surface area (Å²) >= 11 is 3.96. The van der Waals surface area contributed by atoms with Crippen molar-refractivity contribution in [2.24, 2.45) is 0 Å². The number of carbonyl (C=O) groups is 1. The molecule has 0 bridgehead atoms. The molecule has 2 N–H and O–H groups in total. The van der Waals surface area contributed by atoms with Gasteiger partial charge < -0.3 is 9.84 Å². The summed E-state index contributed by atoms with van der Waals surface area (Å²) in [4.78, 5) is 10.8. The molecule has 0 radical (unpaired) electrons. The van der Waals surface area contributed by atoms with E-state index in [1.54, 1.807) is 0 Å². The Labute approximate surface area is 135 Å². The first kappa shape index (κ1) is 16.9. The molecule has 1 saturated carbocycles. The van der Waals surface area contributed by atoms with E-state index < -0.39 is 16.0 Å². The van der Waals surface area contributed by atoms with E-state index in [0.717, 1.165) is 43.1 Å². The van der Waals surface area contributed by atoms with Gasteiger partial charge in [0, 0.05) is 6.54 Å². The molecule has 6 nitrogen and oxygen atoms in total. The molecule has 0 amide bonds. The number of halogens is 1. The Morgan fingerprint density at radius 1 is 1.48 bits per heavy atom. The molecule has 21 heavy (non-hydrogen) atoms. The first-order valence-electron chi connectivity index (χ1n) is 6.54. The van der Waals surface area contributed by atoms with Crippen LogP contribution in [0, 0.1) is 0 Å². The number of nitrogens with one attached hydrogen (secondary N) is 1. The molecule has 0 aromatic carbocycles. The van der Waals surface area contributed by atoms with Crippen LogP contribution in [0.5, 0.6) is 0 Å². The van der Waals surface area contributed by atoms with Crippen LogP contribution in [-0.2, 0) is 14.8 Å². The zero-order valence-electron chi connectivity index (χ0n) is 11.2. The number of hydrogen-bond acceptors (Lipinski definition) is 5. The maximum absolute atomic E-state index is 12.1. The molecule has 118 valence electrons. The van der Waals surface area contributed by atoms with Gasteiger partial charge in [-0.2, -0.15) is 0 Å². The highest BCUT2D eigenvalue weighted by Gasteiger charge is 2.23. The number of carboxylic acids is 1. The van der Waals surface area contributed by atoms with E-state index in [1.165, 1.54) is 0 Å². The Hall–Kier alpha value is -0.480. The molecule has 9 heteroatoms. The Kier molecular flexibility index (Phi) is 5.78. The van der Waals surface area contributed by atoms with Crippen LogP contribution in [-0.4, -0.2) is 38.7 Å². The van der Waals surface area contributed by atoms with Crippen molar-refractivity contribution >= 4 is 43.3 Å². The van der Waals surface area contributed by atoms with Crippen LogP contribution in [0.4, 0.5) is 0 Å². The first-order chi connectivity index (χ1) is 9.90. The summed E-state index contributed by atoms with van der Waals surface area (Å²) in [6, 6.07) is 1.15. The third-order valence-corrected chi connectivity index (χ3v) is 6.91. The van der Waals surface area contributed by atoms with Crippen LogP contribution in [0.2, 0.25) is 0 Å². The van der Waals surface area contributed by atoms with Gasteiger partial charge in [-0.1, -0.05) is 12.8 Å². The third-order valence-electron chi connectivity index (χ3n) is 3.21. The summed E-state index contributed by atoms with van der Waals surface area (Å²) in [5.41, 5.74) is 0. The lowest BCUT2D eigenvalue weighted by atomic mass is 10.3. The van der Waals surface area contributed by atoms with Gasteiger partial charge in [-0.3, -0.25) is 0 Å². The molecule has 0 aliphatic heterocycles. The highest BCUT2D eigenvalue weighted by Crippen LogP contribution is 2.31. The van der Waals surface area contributed by atoms with E-state index in [1.807, 2.05) is 0 Å². The molecule has 2 rings (SSSR count). The van der Waals surface area contributed by atoms with Crippen LogP contribution in [0.3, 0.4) is 0 Å². The standard InChI is InChI=1S/C12H16BrNO5S2/c13-11-10(7-9(20-11)12(15)16)21(17,18)14-5-6-19-8-3-1-2-4-8/h7-8,14H,1-6H2,(H,15,16). The van der Waals surface area contributed by atoms with E-state index >= 15 is 0 Å². The monoisotopic (exact) mass is 397 g/mol. The minimum absolute atomic E-state index is 0.0237. The molecule has 1 aliphatic carbocycles. The second-order valence-electron chi connectivity index (χ2n) is 4.73. The van der Waals surface area contributed by atoms with E-state index in [9.17, 15) is 13.2 Å². The van der Waals surface area contributed by atoms with Crippen LogP contribution >= 0.6 is 27.3 Å². The molecule has 1 heterocycles. The largest absolute Gasteiger partial charge is 0.477 e. The Bertz CT molecular complexity index is 607. The predicted molar refractivity (Wildman–Crippen MR) is 82.4 cm³/mol. The van der Waals surface area contributed by atoms with E-state index in [4.69, 9.17) is 9.84 Å². The highest BCUT2D eigenvalue weighted by atomic mass is 79.9. The number of sulfonamides is 1. The summed E-state index contributed by atoms with van der Waals surface area (Å²) in [7, 11) is -3.73. The second kappa shape index (κ2) is 7.19. The van der Waals surface area contributed by atoms with Gasteiger partial charge in [0.1, 0.15) is 9.77 Å². The van der Waals surface area contributed by atoms with Crippen LogP contribution in [0.15, 0.2) is 14.7 Å². The lowest BCUT2D eigenvalue weighted by Gasteiger charge is -2.11. The highest BCUT2D eigenvalue weighted by molar-refractivity contribution is 9.11. The van der Waals surface area contributed by atoms with E-state index in [2.05, 4.69) is 20.7 Å². The Morgan fingerprint density at radius 3 is 2.71 bits per heavy atom. The molecule has 0 unspecified atom stereocenters. The Balaban J connectivity index is 1.90. The zero-order chi connectivity index (χ0) is 15.5. The van der Waals surface area contributed by atoms with Crippen molar-refractivity contribution < 1.29 is 23.1 Å². The number of thiophene rings is 1. The second-order valence-corrected chi connectivity index (χ2v) is 8.83. The molecular formula is C12H16BrNO5S2. The average molecular weight is 398 g/mol. The Morgan fingerprint density at radius 2 is 2.14 bits per heavy atom. The minimum Gasteiger partial charge on any atom is -0.477 e. The molecule has 1 fully saturated rings. The average Bonchev–Trinajstić information content (AvgIpc) is 3.04. The number of rotatable bonds is 7. The topological polar surface area (TPSA) is 92.7 Å². The van der Waals surface area contributed by atoms with Gasteiger partial charge in [0.15, 0.2) is 0 Å². The van der Waals surface area contributed by atoms with Gasteiger partial charge in [-0.25, -0.2) is 17.9 Å². The minimum atomic E-state index is -3.73. The van der Waals surface area contributed by atoms with Crippen molar-refractivity contribution in [3.05, 3.63) is 14.7 Å². The SMILES string of the molecule is O=C(O)c1cc(S(=O)(=O)NCCOC2CCCC2)c(Br)s1. The fourth-order valence-electron chi connectivity index (χ4n) is 2.18. The molecule has 0 atom stereocenters. The molecular weight excluding hydrogens is 382 g/mol. The van der Waals surface area contributed by atoms with E-state index in [0.29, 0.717) is 6.61 Å². The number of hydrogen-bond donors (Lipinski definition) is 2. The van der Waals surface area contributed by atoms with Gasteiger partial charge in [-0.05, 0) is 34.8 Å². The van der Waals surface area contributed by atoms with Gasteiger partial charge in [0.2, 0.25) is 10.0 Å². The summed E-state index contributed by atoms with van der Waals surface area (Å²) < 4.78 is 32.5. The van der Waals surface area contributed by atoms with Crippen molar-refractivity contribution in [2.75, 3.05) is 13.2 Å². The molecule has 1 aromatic heterocycles. The van der Waals surface area contributed by atoms with Crippen molar-refractivity contribution in [1.29, 1.82) is 0 Å². The van der Waals surface area contributed by atoms with Gasteiger partial charge >= 0.3 is 5.97 Å². The van der Waals surface area contributed by atoms with Gasteiger partial charge in [0.05, 0.1) is 16.5 Å². The molecule has 0 spiro atoms. The van der Waals surface area contributed by atoms with Crippen molar-refractivity contribution in [2.45, 2.75) is 36.7 Å². The van der Waals surface area contributed by atoms with Gasteiger partial charge in [-0.15, -0.1) is 11.3 Å². The number of ether oxygens (including phenoxy) is 1. The molecule has 0 saturated heterocycles. The normalized spacial score (nSPS) is 16.4. The quantitative estimate of drug-likeness (QED) is 0.689. The predicted octanol–water partition coefficient (Wildman–Crippen LogP) is 2.45. The summed E-state index contributed by atoms with van der Waals surface area (Å²) in [6.07, 6.45) is 4.63. The molecule has 1 aromatic rings. The summed E-state index contributed by atoms with van der Waals surface area (Å²) in [5.74, 6) is -1.15. The lowest BCUT2D eigenvalue weighted by molar-refractivity contribution is 0.0626. The lowest BCUT2D eigenvalue weighted by Crippen LogP contribution is -2.28. The smallest absolute Gasteiger partial charge is 0.345 e. The third kappa shape index (κ3) is 4.49. The number of carboxylic acid groups (broad SMARTS) is 1. The summed E-state index contributed by atoms with van der Waals surface area (Å²) in [6.45, 7) is 0.487. The van der Waals surface area contributed by atoms with Gasteiger partial charge in [0.25, 0.3) is 0 Å².